The summed E-state index contributed by atoms with van der Waals surface area (Å²) in [5.74, 6) is -0.563. The molecule has 1 fully saturated rings. The third kappa shape index (κ3) is 5.38. The van der Waals surface area contributed by atoms with Gasteiger partial charge in [-0.3, -0.25) is 9.69 Å². The van der Waals surface area contributed by atoms with Crippen LogP contribution in [-0.4, -0.2) is 42.7 Å². The molecule has 0 aromatic heterocycles. The maximum Gasteiger partial charge on any atom is 0.405 e. The Labute approximate surface area is 122 Å². The molecular formula is C15H19F3N2O. The molecule has 1 aliphatic rings. The molecule has 0 radical (unpaired) electrons. The second-order valence-corrected chi connectivity index (χ2v) is 5.35. The highest BCUT2D eigenvalue weighted by molar-refractivity contribution is 5.78. The van der Waals surface area contributed by atoms with Gasteiger partial charge in [0, 0.05) is 6.04 Å². The first-order valence-electron chi connectivity index (χ1n) is 7.05. The highest BCUT2D eigenvalue weighted by Gasteiger charge is 2.30. The van der Waals surface area contributed by atoms with Crippen molar-refractivity contribution in [1.82, 2.24) is 10.2 Å². The minimum atomic E-state index is -4.36. The molecule has 1 aromatic carbocycles. The number of benzene rings is 1. The number of nitrogens with zero attached hydrogens (tertiary/aromatic N) is 1. The Bertz CT molecular complexity index is 462. The molecule has 1 saturated heterocycles. The molecule has 3 nitrogen and oxygen atoms in total. The molecule has 21 heavy (non-hydrogen) atoms. The lowest BCUT2D eigenvalue weighted by molar-refractivity contribution is -0.139. The van der Waals surface area contributed by atoms with E-state index in [0.29, 0.717) is 0 Å². The van der Waals surface area contributed by atoms with Crippen LogP contribution in [0, 0.1) is 0 Å². The SMILES string of the molecule is O=C(CN1CCCC1Cc1ccccc1)NCC(F)(F)F. The van der Waals surface area contributed by atoms with Gasteiger partial charge in [0.1, 0.15) is 6.54 Å². The van der Waals surface area contributed by atoms with Gasteiger partial charge in [0.2, 0.25) is 5.91 Å². The molecule has 0 spiro atoms. The fraction of sp³-hybridized carbons (Fsp3) is 0.533. The lowest BCUT2D eigenvalue weighted by Crippen LogP contribution is -2.43. The monoisotopic (exact) mass is 300 g/mol. The molecular weight excluding hydrogens is 281 g/mol. The first-order valence-corrected chi connectivity index (χ1v) is 7.05. The number of nitrogens with one attached hydrogen (secondary N) is 1. The normalized spacial score (nSPS) is 19.7. The second-order valence-electron chi connectivity index (χ2n) is 5.35. The maximum absolute atomic E-state index is 12.1. The van der Waals surface area contributed by atoms with E-state index in [-0.39, 0.29) is 12.6 Å². The Morgan fingerprint density at radius 1 is 1.29 bits per heavy atom. The number of carbonyl (C=O) groups excluding carboxylic acids is 1. The van der Waals surface area contributed by atoms with Gasteiger partial charge in [-0.15, -0.1) is 0 Å². The average molecular weight is 300 g/mol. The van der Waals surface area contributed by atoms with Gasteiger partial charge in [0.05, 0.1) is 6.54 Å². The van der Waals surface area contributed by atoms with E-state index in [4.69, 9.17) is 0 Å². The fourth-order valence-electron chi connectivity index (χ4n) is 2.66. The first kappa shape index (κ1) is 15.8. The minimum absolute atomic E-state index is 0.0353. The van der Waals surface area contributed by atoms with Gasteiger partial charge in [-0.1, -0.05) is 30.3 Å². The van der Waals surface area contributed by atoms with Crippen LogP contribution in [0.1, 0.15) is 18.4 Å². The lowest BCUT2D eigenvalue weighted by atomic mass is 10.0. The summed E-state index contributed by atoms with van der Waals surface area (Å²) in [4.78, 5) is 13.6. The number of rotatable bonds is 5. The Morgan fingerprint density at radius 3 is 2.67 bits per heavy atom. The van der Waals surface area contributed by atoms with Crippen LogP contribution in [0.25, 0.3) is 0 Å². The summed E-state index contributed by atoms with van der Waals surface area (Å²) in [7, 11) is 0. The van der Waals surface area contributed by atoms with Crippen LogP contribution in [0.15, 0.2) is 30.3 Å². The van der Waals surface area contributed by atoms with Crippen molar-refractivity contribution in [3.63, 3.8) is 0 Å². The van der Waals surface area contributed by atoms with Crippen molar-refractivity contribution >= 4 is 5.91 Å². The average Bonchev–Trinajstić information content (AvgIpc) is 2.84. The predicted octanol–water partition coefficient (Wildman–Crippen LogP) is 2.37. The summed E-state index contributed by atoms with van der Waals surface area (Å²) in [6.45, 7) is -0.465. The Hall–Kier alpha value is -1.56. The van der Waals surface area contributed by atoms with Crippen molar-refractivity contribution in [3.8, 4) is 0 Å². The third-order valence-electron chi connectivity index (χ3n) is 3.65. The first-order chi connectivity index (χ1) is 9.94. The molecule has 1 N–H and O–H groups in total. The Balaban J connectivity index is 1.83. The number of hydrogen-bond acceptors (Lipinski definition) is 2. The molecule has 2 rings (SSSR count). The van der Waals surface area contributed by atoms with Crippen molar-refractivity contribution in [2.45, 2.75) is 31.5 Å². The number of halogens is 3. The van der Waals surface area contributed by atoms with Gasteiger partial charge in [0.25, 0.3) is 0 Å². The number of alkyl halides is 3. The highest BCUT2D eigenvalue weighted by atomic mass is 19.4. The van der Waals surface area contributed by atoms with Gasteiger partial charge in [-0.2, -0.15) is 13.2 Å². The van der Waals surface area contributed by atoms with Crippen LogP contribution in [0.5, 0.6) is 0 Å². The van der Waals surface area contributed by atoms with E-state index in [9.17, 15) is 18.0 Å². The molecule has 0 saturated carbocycles. The topological polar surface area (TPSA) is 32.3 Å². The van der Waals surface area contributed by atoms with E-state index in [1.807, 2.05) is 40.5 Å². The number of likely N-dealkylation sites (tertiary alicyclic amines) is 1. The molecule has 1 amide bonds. The molecule has 1 heterocycles. The molecule has 6 heteroatoms. The van der Waals surface area contributed by atoms with Crippen LogP contribution in [-0.2, 0) is 11.2 Å². The van der Waals surface area contributed by atoms with Crippen LogP contribution < -0.4 is 5.32 Å². The number of hydrogen-bond donors (Lipinski definition) is 1. The van der Waals surface area contributed by atoms with Crippen LogP contribution in [0.2, 0.25) is 0 Å². The van der Waals surface area contributed by atoms with E-state index in [0.717, 1.165) is 25.8 Å². The quantitative estimate of drug-likeness (QED) is 0.905. The zero-order chi connectivity index (χ0) is 15.3. The maximum atomic E-state index is 12.1. The molecule has 0 bridgehead atoms. The Kier molecular flexibility index (Phi) is 5.22. The summed E-state index contributed by atoms with van der Waals surface area (Å²) in [5.41, 5.74) is 1.19. The van der Waals surface area contributed by atoms with E-state index < -0.39 is 18.6 Å². The molecule has 0 aliphatic carbocycles. The van der Waals surface area contributed by atoms with E-state index in [1.165, 1.54) is 5.56 Å². The lowest BCUT2D eigenvalue weighted by Gasteiger charge is -2.24. The standard InChI is InChI=1S/C15H19F3N2O/c16-15(17,18)11-19-14(21)10-20-8-4-7-13(20)9-12-5-2-1-3-6-12/h1-3,5-6,13H,4,7-11H2,(H,19,21). The Morgan fingerprint density at radius 2 is 2.00 bits per heavy atom. The largest absolute Gasteiger partial charge is 0.405 e. The highest BCUT2D eigenvalue weighted by Crippen LogP contribution is 2.20. The molecule has 1 aromatic rings. The molecule has 1 aliphatic heterocycles. The molecule has 1 unspecified atom stereocenters. The smallest absolute Gasteiger partial charge is 0.346 e. The summed E-state index contributed by atoms with van der Waals surface area (Å²) in [5, 5.41) is 1.93. The summed E-state index contributed by atoms with van der Waals surface area (Å²) < 4.78 is 36.2. The zero-order valence-electron chi connectivity index (χ0n) is 11.7. The van der Waals surface area contributed by atoms with E-state index in [1.54, 1.807) is 0 Å². The predicted molar refractivity (Wildman–Crippen MR) is 73.8 cm³/mol. The number of amides is 1. The third-order valence-corrected chi connectivity index (χ3v) is 3.65. The molecule has 1 atom stereocenters. The zero-order valence-corrected chi connectivity index (χ0v) is 11.7. The van der Waals surface area contributed by atoms with Crippen molar-refractivity contribution < 1.29 is 18.0 Å². The van der Waals surface area contributed by atoms with Gasteiger partial charge in [-0.05, 0) is 31.4 Å². The van der Waals surface area contributed by atoms with Gasteiger partial charge in [-0.25, -0.2) is 0 Å². The van der Waals surface area contributed by atoms with Crippen molar-refractivity contribution in [3.05, 3.63) is 35.9 Å². The second kappa shape index (κ2) is 6.93. The number of carbonyl (C=O) groups is 1. The van der Waals surface area contributed by atoms with Crippen molar-refractivity contribution in [1.29, 1.82) is 0 Å². The van der Waals surface area contributed by atoms with E-state index >= 15 is 0 Å². The van der Waals surface area contributed by atoms with E-state index in [2.05, 4.69) is 0 Å². The van der Waals surface area contributed by atoms with Gasteiger partial charge >= 0.3 is 6.18 Å². The summed E-state index contributed by atoms with van der Waals surface area (Å²) in [6.07, 6.45) is -1.58. The minimum Gasteiger partial charge on any atom is -0.346 e. The van der Waals surface area contributed by atoms with Gasteiger partial charge in [0.15, 0.2) is 0 Å². The summed E-state index contributed by atoms with van der Waals surface area (Å²) >= 11 is 0. The van der Waals surface area contributed by atoms with Gasteiger partial charge < -0.3 is 5.32 Å². The van der Waals surface area contributed by atoms with Crippen molar-refractivity contribution in [2.75, 3.05) is 19.6 Å². The van der Waals surface area contributed by atoms with Crippen LogP contribution in [0.3, 0.4) is 0 Å². The van der Waals surface area contributed by atoms with Crippen LogP contribution in [0.4, 0.5) is 13.2 Å². The summed E-state index contributed by atoms with van der Waals surface area (Å²) in [6, 6.07) is 10.2. The fourth-order valence-corrected chi connectivity index (χ4v) is 2.66. The van der Waals surface area contributed by atoms with Crippen molar-refractivity contribution in [2.24, 2.45) is 0 Å². The molecule has 116 valence electrons. The van der Waals surface area contributed by atoms with Crippen LogP contribution >= 0.6 is 0 Å².